The van der Waals surface area contributed by atoms with Gasteiger partial charge in [-0.3, -0.25) is 0 Å². The number of para-hydroxylation sites is 1. The number of hydrogen-bond donors (Lipinski definition) is 0. The van der Waals surface area contributed by atoms with E-state index in [4.69, 9.17) is 11.2 Å². The molecule has 0 saturated carbocycles. The molecule has 3 nitrogen and oxygen atoms in total. The molecule has 0 aliphatic carbocycles. The molecule has 1 aromatic carbocycles. The first-order chi connectivity index (χ1) is 5.95. The van der Waals surface area contributed by atoms with Crippen molar-refractivity contribution in [3.8, 4) is 5.75 Å². The second-order valence-electron chi connectivity index (χ2n) is 2.29. The topological polar surface area (TPSA) is 27.7 Å². The molecule has 0 bridgehead atoms. The molecule has 1 aliphatic heterocycles. The zero-order valence-corrected chi connectivity index (χ0v) is 8.35. The van der Waals surface area contributed by atoms with E-state index in [1.807, 2.05) is 30.3 Å². The van der Waals surface area contributed by atoms with Gasteiger partial charge in [-0.05, 0) is 0 Å². The molecule has 1 aromatic rings. The van der Waals surface area contributed by atoms with Crippen LogP contribution in [0.4, 0.5) is 0 Å². The van der Waals surface area contributed by atoms with Crippen molar-refractivity contribution < 1.29 is 11.2 Å². The molecular weight excluding hydrogens is 219 g/mol. The van der Waals surface area contributed by atoms with Gasteiger partial charge in [0.05, 0.1) is 0 Å². The minimum atomic E-state index is -1.87. The third-order valence-corrected chi connectivity index (χ3v) is 3.81. The Kier molecular flexibility index (Phi) is 2.67. The van der Waals surface area contributed by atoms with Gasteiger partial charge in [-0.2, -0.15) is 0 Å². The molecular formula is C8H9AsO3. The minimum absolute atomic E-state index is 0.673. The Balaban J connectivity index is 1.94. The van der Waals surface area contributed by atoms with E-state index in [1.165, 1.54) is 0 Å². The second kappa shape index (κ2) is 3.94. The average molecular weight is 228 g/mol. The fourth-order valence-electron chi connectivity index (χ4n) is 0.881. The summed E-state index contributed by atoms with van der Waals surface area (Å²) in [6.45, 7) is 1.35. The van der Waals surface area contributed by atoms with Crippen LogP contribution in [0, 0.1) is 0 Å². The molecule has 0 spiro atoms. The molecule has 2 rings (SSSR count). The fourth-order valence-corrected chi connectivity index (χ4v) is 2.81. The Morgan fingerprint density at radius 2 is 1.75 bits per heavy atom. The van der Waals surface area contributed by atoms with Crippen LogP contribution >= 0.6 is 0 Å². The van der Waals surface area contributed by atoms with Crippen LogP contribution < -0.4 is 3.73 Å². The van der Waals surface area contributed by atoms with E-state index in [0.717, 1.165) is 5.75 Å². The number of rotatable bonds is 2. The van der Waals surface area contributed by atoms with Crippen molar-refractivity contribution in [2.24, 2.45) is 0 Å². The predicted octanol–water partition coefficient (Wildman–Crippen LogP) is 1.10. The first kappa shape index (κ1) is 8.11. The summed E-state index contributed by atoms with van der Waals surface area (Å²) in [6, 6.07) is 9.62. The van der Waals surface area contributed by atoms with E-state index in [-0.39, 0.29) is 0 Å². The Morgan fingerprint density at radius 1 is 1.08 bits per heavy atom. The van der Waals surface area contributed by atoms with Crippen LogP contribution in [-0.2, 0) is 7.45 Å². The Hall–Kier alpha value is -0.502. The van der Waals surface area contributed by atoms with Gasteiger partial charge in [0.1, 0.15) is 0 Å². The van der Waals surface area contributed by atoms with Crippen LogP contribution in [0.15, 0.2) is 30.3 Å². The molecule has 0 N–H and O–H groups in total. The molecule has 0 radical (unpaired) electrons. The zero-order valence-electron chi connectivity index (χ0n) is 6.47. The summed E-state index contributed by atoms with van der Waals surface area (Å²) in [6.07, 6.45) is 0. The van der Waals surface area contributed by atoms with Gasteiger partial charge in [-0.15, -0.1) is 0 Å². The van der Waals surface area contributed by atoms with Crippen LogP contribution in [0.1, 0.15) is 0 Å². The molecule has 1 heterocycles. The first-order valence-corrected chi connectivity index (χ1v) is 6.04. The SMILES string of the molecule is c1ccc(O[As]2OCCO2)cc1. The summed E-state index contributed by atoms with van der Waals surface area (Å²) < 4.78 is 16.0. The predicted molar refractivity (Wildman–Crippen MR) is 44.7 cm³/mol. The van der Waals surface area contributed by atoms with Crippen molar-refractivity contribution in [1.29, 1.82) is 0 Å². The Labute approximate surface area is 76.6 Å². The van der Waals surface area contributed by atoms with Crippen molar-refractivity contribution in [1.82, 2.24) is 0 Å². The Bertz CT molecular complexity index is 233. The monoisotopic (exact) mass is 228 g/mol. The second-order valence-corrected chi connectivity index (χ2v) is 4.70. The Morgan fingerprint density at radius 3 is 2.42 bits per heavy atom. The van der Waals surface area contributed by atoms with Gasteiger partial charge >= 0.3 is 76.1 Å². The van der Waals surface area contributed by atoms with Gasteiger partial charge in [0.15, 0.2) is 0 Å². The zero-order chi connectivity index (χ0) is 8.23. The summed E-state index contributed by atoms with van der Waals surface area (Å²) >= 11 is -1.87. The van der Waals surface area contributed by atoms with Gasteiger partial charge in [-0.25, -0.2) is 0 Å². The van der Waals surface area contributed by atoms with Gasteiger partial charge in [0.25, 0.3) is 0 Å². The maximum absolute atomic E-state index is 5.48. The van der Waals surface area contributed by atoms with E-state index in [9.17, 15) is 0 Å². The summed E-state index contributed by atoms with van der Waals surface area (Å²) in [7, 11) is 0. The standard InChI is InChI=1S/C8H9AsO3/c1-2-4-8(5-3-1)12-9-10-6-7-11-9/h1-5H,6-7H2. The molecule has 0 aromatic heterocycles. The van der Waals surface area contributed by atoms with Crippen LogP contribution in [0.2, 0.25) is 0 Å². The van der Waals surface area contributed by atoms with Crippen LogP contribution in [0.25, 0.3) is 0 Å². The van der Waals surface area contributed by atoms with Gasteiger partial charge in [0, 0.05) is 0 Å². The molecule has 64 valence electrons. The van der Waals surface area contributed by atoms with Crippen molar-refractivity contribution in [3.63, 3.8) is 0 Å². The summed E-state index contributed by atoms with van der Waals surface area (Å²) in [5, 5.41) is 0. The van der Waals surface area contributed by atoms with Crippen molar-refractivity contribution in [3.05, 3.63) is 30.3 Å². The molecule has 12 heavy (non-hydrogen) atoms. The summed E-state index contributed by atoms with van der Waals surface area (Å²) in [5.41, 5.74) is 0. The van der Waals surface area contributed by atoms with Crippen LogP contribution in [0.5, 0.6) is 5.75 Å². The number of hydrogen-bond acceptors (Lipinski definition) is 3. The van der Waals surface area contributed by atoms with Gasteiger partial charge in [-0.1, -0.05) is 0 Å². The van der Waals surface area contributed by atoms with Crippen molar-refractivity contribution in [2.75, 3.05) is 13.2 Å². The van der Waals surface area contributed by atoms with E-state index in [1.54, 1.807) is 0 Å². The van der Waals surface area contributed by atoms with E-state index in [2.05, 4.69) is 0 Å². The van der Waals surface area contributed by atoms with E-state index < -0.39 is 15.7 Å². The summed E-state index contributed by atoms with van der Waals surface area (Å²) in [5.74, 6) is 0.833. The fraction of sp³-hybridized carbons (Fsp3) is 0.250. The molecule has 0 unspecified atom stereocenters. The molecule has 1 aliphatic rings. The molecule has 4 heteroatoms. The third-order valence-electron chi connectivity index (χ3n) is 1.40. The average Bonchev–Trinajstić information content (AvgIpc) is 2.59. The van der Waals surface area contributed by atoms with Crippen LogP contribution in [-0.4, -0.2) is 28.9 Å². The van der Waals surface area contributed by atoms with Crippen molar-refractivity contribution in [2.45, 2.75) is 0 Å². The van der Waals surface area contributed by atoms with Gasteiger partial charge < -0.3 is 0 Å². The number of benzene rings is 1. The van der Waals surface area contributed by atoms with E-state index >= 15 is 0 Å². The van der Waals surface area contributed by atoms with E-state index in [0.29, 0.717) is 13.2 Å². The molecule has 1 fully saturated rings. The molecule has 0 amide bonds. The van der Waals surface area contributed by atoms with Crippen molar-refractivity contribution >= 4 is 15.7 Å². The maximum atomic E-state index is 5.48. The quantitative estimate of drug-likeness (QED) is 0.709. The normalized spacial score (nSPS) is 18.0. The first-order valence-electron chi connectivity index (χ1n) is 3.74. The summed E-state index contributed by atoms with van der Waals surface area (Å²) in [4.78, 5) is 0. The molecule has 1 saturated heterocycles. The van der Waals surface area contributed by atoms with Crippen LogP contribution in [0.3, 0.4) is 0 Å². The van der Waals surface area contributed by atoms with Gasteiger partial charge in [0.2, 0.25) is 0 Å². The third kappa shape index (κ3) is 2.00. The molecule has 0 atom stereocenters.